The summed E-state index contributed by atoms with van der Waals surface area (Å²) in [6, 6.07) is 7.93. The van der Waals surface area contributed by atoms with Gasteiger partial charge in [-0.1, -0.05) is 12.1 Å². The number of benzene rings is 1. The highest BCUT2D eigenvalue weighted by Gasteiger charge is 2.33. The van der Waals surface area contributed by atoms with Crippen LogP contribution in [-0.2, 0) is 29.6 Å². The average Bonchev–Trinajstić information content (AvgIpc) is 2.79. The summed E-state index contributed by atoms with van der Waals surface area (Å²) in [7, 11) is -7.27. The molecule has 0 unspecified atom stereocenters. The first-order chi connectivity index (χ1) is 14.8. The molecule has 1 aromatic carbocycles. The Morgan fingerprint density at radius 2 is 1.71 bits per heavy atom. The third kappa shape index (κ3) is 5.61. The molecule has 0 saturated carbocycles. The molecule has 170 valence electrons. The second kappa shape index (κ2) is 10.1. The van der Waals surface area contributed by atoms with Crippen LogP contribution in [0.15, 0.2) is 29.2 Å². The minimum Gasteiger partial charge on any atom is -0.379 e. The fraction of sp³-hybridized carbons (Fsp3) is 0.579. The van der Waals surface area contributed by atoms with Gasteiger partial charge in [-0.3, -0.25) is 4.79 Å². The number of nitrogens with one attached hydrogen (secondary N) is 1. The summed E-state index contributed by atoms with van der Waals surface area (Å²) in [5.41, 5.74) is 0.0869. The van der Waals surface area contributed by atoms with Crippen LogP contribution in [0, 0.1) is 17.2 Å². The Balaban J connectivity index is 1.50. The van der Waals surface area contributed by atoms with Crippen molar-refractivity contribution in [3.63, 3.8) is 0 Å². The van der Waals surface area contributed by atoms with Crippen LogP contribution in [0.2, 0.25) is 0 Å². The topological polar surface area (TPSA) is 137 Å². The maximum atomic E-state index is 12.9. The highest BCUT2D eigenvalue weighted by atomic mass is 32.2. The van der Waals surface area contributed by atoms with Gasteiger partial charge in [-0.15, -0.1) is 0 Å². The molecule has 0 aliphatic carbocycles. The van der Waals surface area contributed by atoms with E-state index in [1.165, 1.54) is 20.7 Å². The van der Waals surface area contributed by atoms with Crippen LogP contribution in [0.25, 0.3) is 0 Å². The van der Waals surface area contributed by atoms with Gasteiger partial charge in [-0.25, -0.2) is 16.8 Å². The predicted molar refractivity (Wildman–Crippen MR) is 112 cm³/mol. The molecule has 0 atom stereocenters. The van der Waals surface area contributed by atoms with Crippen molar-refractivity contribution in [1.82, 2.24) is 13.9 Å². The quantitative estimate of drug-likeness (QED) is 0.579. The molecule has 12 heteroatoms. The number of piperidine rings is 1. The van der Waals surface area contributed by atoms with Crippen molar-refractivity contribution in [1.29, 1.82) is 5.26 Å². The number of rotatable bonds is 7. The van der Waals surface area contributed by atoms with E-state index in [4.69, 9.17) is 4.74 Å². The number of sulfonamides is 2. The van der Waals surface area contributed by atoms with Crippen LogP contribution < -0.4 is 5.32 Å². The minimum atomic E-state index is -3.82. The molecule has 2 aliphatic rings. The average molecular weight is 471 g/mol. The molecule has 0 bridgehead atoms. The fourth-order valence-corrected chi connectivity index (χ4v) is 6.62. The van der Waals surface area contributed by atoms with E-state index in [9.17, 15) is 26.9 Å². The van der Waals surface area contributed by atoms with Crippen LogP contribution in [-0.4, -0.2) is 83.0 Å². The third-order valence-electron chi connectivity index (χ3n) is 5.47. The summed E-state index contributed by atoms with van der Waals surface area (Å²) < 4.78 is 58.2. The van der Waals surface area contributed by atoms with Crippen molar-refractivity contribution in [3.8, 4) is 6.07 Å². The monoisotopic (exact) mass is 470 g/mol. The van der Waals surface area contributed by atoms with Gasteiger partial charge in [-0.05, 0) is 25.0 Å². The van der Waals surface area contributed by atoms with E-state index in [1.807, 2.05) is 6.07 Å². The van der Waals surface area contributed by atoms with Crippen molar-refractivity contribution in [2.75, 3.05) is 51.7 Å². The SMILES string of the molecule is N#Cc1ccccc1S(=O)(=O)N1CCC(C(=O)NCCS(=O)(=O)N2CCOCC2)CC1. The van der Waals surface area contributed by atoms with E-state index in [2.05, 4.69) is 5.32 Å². The van der Waals surface area contributed by atoms with Crippen molar-refractivity contribution in [2.24, 2.45) is 5.92 Å². The summed E-state index contributed by atoms with van der Waals surface area (Å²) in [6.45, 7) is 1.69. The largest absolute Gasteiger partial charge is 0.379 e. The maximum Gasteiger partial charge on any atom is 0.244 e. The van der Waals surface area contributed by atoms with Crippen LogP contribution in [0.5, 0.6) is 0 Å². The van der Waals surface area contributed by atoms with Crippen LogP contribution in [0.3, 0.4) is 0 Å². The number of morpholine rings is 1. The Labute approximate surface area is 182 Å². The van der Waals surface area contributed by atoms with Crippen LogP contribution >= 0.6 is 0 Å². The minimum absolute atomic E-state index is 0.00653. The summed E-state index contributed by atoms with van der Waals surface area (Å²) in [5, 5.41) is 11.8. The zero-order chi connectivity index (χ0) is 22.5. The molecule has 2 saturated heterocycles. The van der Waals surface area contributed by atoms with Gasteiger partial charge in [0.25, 0.3) is 0 Å². The molecule has 0 radical (unpaired) electrons. The van der Waals surface area contributed by atoms with E-state index < -0.39 is 20.0 Å². The molecule has 10 nitrogen and oxygen atoms in total. The van der Waals surface area contributed by atoms with Gasteiger partial charge < -0.3 is 10.1 Å². The second-order valence-corrected chi connectivity index (χ2v) is 11.4. The lowest BCUT2D eigenvalue weighted by molar-refractivity contribution is -0.125. The van der Waals surface area contributed by atoms with Crippen LogP contribution in [0.1, 0.15) is 18.4 Å². The summed E-state index contributed by atoms with van der Waals surface area (Å²) in [5.74, 6) is -0.841. The lowest BCUT2D eigenvalue weighted by Crippen LogP contribution is -2.46. The highest BCUT2D eigenvalue weighted by Crippen LogP contribution is 2.25. The number of ether oxygens (including phenoxy) is 1. The Kier molecular flexibility index (Phi) is 7.66. The molecule has 1 N–H and O–H groups in total. The van der Waals surface area contributed by atoms with E-state index in [0.29, 0.717) is 39.1 Å². The van der Waals surface area contributed by atoms with Crippen LogP contribution in [0.4, 0.5) is 0 Å². The van der Waals surface area contributed by atoms with Crippen molar-refractivity contribution >= 4 is 26.0 Å². The first-order valence-corrected chi connectivity index (χ1v) is 13.1. The maximum absolute atomic E-state index is 12.9. The molecular formula is C19H26N4O6S2. The highest BCUT2D eigenvalue weighted by molar-refractivity contribution is 7.89. The molecule has 0 spiro atoms. The van der Waals surface area contributed by atoms with Gasteiger partial charge >= 0.3 is 0 Å². The number of hydrogen-bond donors (Lipinski definition) is 1. The van der Waals surface area contributed by atoms with Crippen molar-refractivity contribution in [3.05, 3.63) is 29.8 Å². The Bertz CT molecular complexity index is 1040. The lowest BCUT2D eigenvalue weighted by Gasteiger charge is -2.31. The van der Waals surface area contributed by atoms with E-state index in [0.717, 1.165) is 0 Å². The smallest absolute Gasteiger partial charge is 0.244 e. The van der Waals surface area contributed by atoms with E-state index in [1.54, 1.807) is 12.1 Å². The Morgan fingerprint density at radius 3 is 2.35 bits per heavy atom. The summed E-state index contributed by atoms with van der Waals surface area (Å²) in [4.78, 5) is 12.4. The Hall–Kier alpha value is -2.04. The third-order valence-corrected chi connectivity index (χ3v) is 9.30. The number of carbonyl (C=O) groups excluding carboxylic acids is 1. The van der Waals surface area contributed by atoms with Gasteiger partial charge in [0.15, 0.2) is 0 Å². The molecule has 1 amide bonds. The van der Waals surface area contributed by atoms with E-state index in [-0.39, 0.29) is 47.7 Å². The van der Waals surface area contributed by atoms with Crippen molar-refractivity contribution < 1.29 is 26.4 Å². The predicted octanol–water partition coefficient (Wildman–Crippen LogP) is -0.263. The summed E-state index contributed by atoms with van der Waals surface area (Å²) in [6.07, 6.45) is 0.659. The van der Waals surface area contributed by atoms with Gasteiger partial charge in [0.2, 0.25) is 26.0 Å². The van der Waals surface area contributed by atoms with Gasteiger partial charge in [0.1, 0.15) is 6.07 Å². The lowest BCUT2D eigenvalue weighted by atomic mass is 9.97. The normalized spacial score (nSPS) is 19.6. The standard InChI is InChI=1S/C19H26N4O6S2/c20-15-17-3-1-2-4-18(17)31(27,28)23-8-5-16(6-9-23)19(24)21-7-14-30(25,26)22-10-12-29-13-11-22/h1-4,16H,5-14H2,(H,21,24). The van der Waals surface area contributed by atoms with Crippen molar-refractivity contribution in [2.45, 2.75) is 17.7 Å². The molecule has 2 heterocycles. The molecular weight excluding hydrogens is 444 g/mol. The van der Waals surface area contributed by atoms with Gasteiger partial charge in [0.05, 0.1) is 29.4 Å². The fourth-order valence-electron chi connectivity index (χ4n) is 3.68. The number of hydrogen-bond acceptors (Lipinski definition) is 7. The Morgan fingerprint density at radius 1 is 1.06 bits per heavy atom. The number of amides is 1. The zero-order valence-corrected chi connectivity index (χ0v) is 18.7. The molecule has 3 rings (SSSR count). The molecule has 1 aromatic rings. The first kappa shape index (κ1) is 23.6. The first-order valence-electron chi connectivity index (χ1n) is 10.1. The summed E-state index contributed by atoms with van der Waals surface area (Å²) >= 11 is 0. The number of carbonyl (C=O) groups is 1. The molecule has 0 aromatic heterocycles. The zero-order valence-electron chi connectivity index (χ0n) is 17.1. The van der Waals surface area contributed by atoms with Gasteiger partial charge in [0, 0.05) is 38.6 Å². The van der Waals surface area contributed by atoms with Gasteiger partial charge in [-0.2, -0.15) is 13.9 Å². The molecule has 31 heavy (non-hydrogen) atoms. The number of nitrogens with zero attached hydrogens (tertiary/aromatic N) is 3. The van der Waals surface area contributed by atoms with E-state index >= 15 is 0 Å². The molecule has 2 fully saturated rings. The number of nitriles is 1. The second-order valence-electron chi connectivity index (χ2n) is 7.40. The molecule has 2 aliphatic heterocycles.